The van der Waals surface area contributed by atoms with Gasteiger partial charge in [-0.1, -0.05) is 28.1 Å². The number of nitrogens with zero attached hydrogens (tertiary/aromatic N) is 2. The summed E-state index contributed by atoms with van der Waals surface area (Å²) in [7, 11) is 1.44. The molecule has 3 rings (SSSR count). The van der Waals surface area contributed by atoms with E-state index in [-0.39, 0.29) is 11.8 Å². The van der Waals surface area contributed by atoms with Crippen LogP contribution in [0.15, 0.2) is 59.2 Å². The van der Waals surface area contributed by atoms with Crippen molar-refractivity contribution in [2.75, 3.05) is 17.7 Å². The van der Waals surface area contributed by atoms with Crippen molar-refractivity contribution in [1.29, 1.82) is 0 Å². The van der Waals surface area contributed by atoms with Gasteiger partial charge in [-0.25, -0.2) is 4.98 Å². The van der Waals surface area contributed by atoms with Crippen molar-refractivity contribution in [2.24, 2.45) is 0 Å². The summed E-state index contributed by atoms with van der Waals surface area (Å²) in [6.07, 6.45) is -3.87. The lowest BCUT2D eigenvalue weighted by Crippen LogP contribution is -2.13. The van der Waals surface area contributed by atoms with Crippen LogP contribution in [0.1, 0.15) is 5.56 Å². The van der Waals surface area contributed by atoms with E-state index in [0.717, 1.165) is 10.7 Å². The van der Waals surface area contributed by atoms with Gasteiger partial charge < -0.3 is 15.4 Å². The number of nitrogens with one attached hydrogen (secondary N) is 2. The molecule has 0 aliphatic rings. The predicted molar refractivity (Wildman–Crippen MR) is 101 cm³/mol. The van der Waals surface area contributed by atoms with E-state index in [9.17, 15) is 13.2 Å². The zero-order valence-corrected chi connectivity index (χ0v) is 15.6. The van der Waals surface area contributed by atoms with E-state index in [1.165, 1.54) is 7.11 Å². The molecule has 0 atom stereocenters. The summed E-state index contributed by atoms with van der Waals surface area (Å²) >= 11 is 3.32. The highest BCUT2D eigenvalue weighted by Crippen LogP contribution is 2.37. The summed E-state index contributed by atoms with van der Waals surface area (Å²) in [6.45, 7) is 0. The molecule has 1 heterocycles. The second-order valence-electron chi connectivity index (χ2n) is 5.41. The Morgan fingerprint density at radius 1 is 1.00 bits per heavy atom. The Labute approximate surface area is 161 Å². The minimum atomic E-state index is -4.61. The van der Waals surface area contributed by atoms with Gasteiger partial charge in [-0.3, -0.25) is 0 Å². The van der Waals surface area contributed by atoms with Gasteiger partial charge in [0, 0.05) is 16.4 Å². The number of benzene rings is 2. The second-order valence-corrected chi connectivity index (χ2v) is 6.33. The largest absolute Gasteiger partial charge is 0.495 e. The maximum Gasteiger partial charge on any atom is 0.421 e. The molecule has 0 fully saturated rings. The van der Waals surface area contributed by atoms with E-state index in [4.69, 9.17) is 4.74 Å². The molecule has 0 spiro atoms. The smallest absolute Gasteiger partial charge is 0.421 e. The summed E-state index contributed by atoms with van der Waals surface area (Å²) in [5.41, 5.74) is 0.0229. The van der Waals surface area contributed by atoms with E-state index in [1.54, 1.807) is 48.5 Å². The van der Waals surface area contributed by atoms with Crippen molar-refractivity contribution in [1.82, 2.24) is 9.97 Å². The zero-order chi connectivity index (χ0) is 19.4. The standard InChI is InChI=1S/C18H14BrF3N4O/c1-27-15-5-3-2-4-14(15)25-16-13(18(20,21)22)10-23-17(26-16)24-12-8-6-11(19)7-9-12/h2-10H,1H3,(H2,23,24,25,26). The molecular formula is C18H14BrF3N4O. The molecule has 0 amide bonds. The Morgan fingerprint density at radius 2 is 1.70 bits per heavy atom. The van der Waals surface area contributed by atoms with Crippen LogP contribution >= 0.6 is 15.9 Å². The maximum absolute atomic E-state index is 13.4. The van der Waals surface area contributed by atoms with Gasteiger partial charge in [0.15, 0.2) is 0 Å². The van der Waals surface area contributed by atoms with Crippen LogP contribution < -0.4 is 15.4 Å². The Kier molecular flexibility index (Phi) is 5.50. The quantitative estimate of drug-likeness (QED) is 0.530. The lowest BCUT2D eigenvalue weighted by molar-refractivity contribution is -0.137. The molecule has 5 nitrogen and oxygen atoms in total. The van der Waals surface area contributed by atoms with Gasteiger partial charge >= 0.3 is 6.18 Å². The van der Waals surface area contributed by atoms with Gasteiger partial charge in [0.05, 0.1) is 12.8 Å². The van der Waals surface area contributed by atoms with E-state index in [0.29, 0.717) is 17.1 Å². The van der Waals surface area contributed by atoms with Gasteiger partial charge in [0.2, 0.25) is 5.95 Å². The number of anilines is 4. The molecule has 0 aliphatic heterocycles. The highest BCUT2D eigenvalue weighted by molar-refractivity contribution is 9.10. The number of ether oxygens (including phenoxy) is 1. The number of hydrogen-bond donors (Lipinski definition) is 2. The van der Waals surface area contributed by atoms with Gasteiger partial charge in [-0.2, -0.15) is 18.2 Å². The topological polar surface area (TPSA) is 59.1 Å². The second kappa shape index (κ2) is 7.83. The first-order chi connectivity index (χ1) is 12.9. The van der Waals surface area contributed by atoms with Crippen molar-refractivity contribution in [3.8, 4) is 5.75 Å². The molecule has 0 aliphatic carbocycles. The first kappa shape index (κ1) is 19.0. The highest BCUT2D eigenvalue weighted by Gasteiger charge is 2.35. The van der Waals surface area contributed by atoms with Crippen LogP contribution in [0.25, 0.3) is 0 Å². The number of para-hydroxylation sites is 2. The SMILES string of the molecule is COc1ccccc1Nc1nc(Nc2ccc(Br)cc2)ncc1C(F)(F)F. The van der Waals surface area contributed by atoms with Gasteiger partial charge in [-0.05, 0) is 36.4 Å². The minimum absolute atomic E-state index is 0.0303. The Bertz CT molecular complexity index is 933. The summed E-state index contributed by atoms with van der Waals surface area (Å²) in [6, 6.07) is 13.7. The number of rotatable bonds is 5. The van der Waals surface area contributed by atoms with Crippen molar-refractivity contribution in [3.05, 3.63) is 64.8 Å². The molecule has 9 heteroatoms. The molecule has 0 saturated heterocycles. The third kappa shape index (κ3) is 4.68. The fraction of sp³-hybridized carbons (Fsp3) is 0.111. The molecule has 0 saturated carbocycles. The molecule has 3 aromatic rings. The number of hydrogen-bond acceptors (Lipinski definition) is 5. The van der Waals surface area contributed by atoms with E-state index in [1.807, 2.05) is 0 Å². The van der Waals surface area contributed by atoms with Crippen LogP contribution in [0.4, 0.5) is 36.3 Å². The lowest BCUT2D eigenvalue weighted by atomic mass is 10.2. The van der Waals surface area contributed by atoms with E-state index < -0.39 is 11.7 Å². The molecule has 1 aromatic heterocycles. The number of halogens is 4. The van der Waals surface area contributed by atoms with Crippen LogP contribution in [-0.4, -0.2) is 17.1 Å². The third-order valence-corrected chi connectivity index (χ3v) is 4.08. The molecule has 140 valence electrons. The minimum Gasteiger partial charge on any atom is -0.495 e. The predicted octanol–water partition coefficient (Wildman–Crippen LogP) is 5.75. The average Bonchev–Trinajstić information content (AvgIpc) is 2.63. The fourth-order valence-corrected chi connectivity index (χ4v) is 2.55. The summed E-state index contributed by atoms with van der Waals surface area (Å²) in [4.78, 5) is 7.79. The van der Waals surface area contributed by atoms with E-state index in [2.05, 4.69) is 36.5 Å². The molecule has 2 N–H and O–H groups in total. The summed E-state index contributed by atoms with van der Waals surface area (Å²) < 4.78 is 46.1. The van der Waals surface area contributed by atoms with Crippen LogP contribution in [0.5, 0.6) is 5.75 Å². The molecule has 0 bridgehead atoms. The van der Waals surface area contributed by atoms with E-state index >= 15 is 0 Å². The molecule has 0 unspecified atom stereocenters. The number of aromatic nitrogens is 2. The first-order valence-corrected chi connectivity index (χ1v) is 8.53. The maximum atomic E-state index is 13.4. The van der Waals surface area contributed by atoms with Crippen molar-refractivity contribution >= 4 is 39.1 Å². The first-order valence-electron chi connectivity index (χ1n) is 7.73. The number of alkyl halides is 3. The van der Waals surface area contributed by atoms with Crippen molar-refractivity contribution in [2.45, 2.75) is 6.18 Å². The molecular weight excluding hydrogens is 425 g/mol. The lowest BCUT2D eigenvalue weighted by Gasteiger charge is -2.16. The Balaban J connectivity index is 1.97. The van der Waals surface area contributed by atoms with Gasteiger partial charge in [0.1, 0.15) is 17.1 Å². The number of methoxy groups -OCH3 is 1. The Morgan fingerprint density at radius 3 is 2.37 bits per heavy atom. The highest BCUT2D eigenvalue weighted by atomic mass is 79.9. The van der Waals surface area contributed by atoms with Crippen LogP contribution in [-0.2, 0) is 6.18 Å². The molecule has 0 radical (unpaired) electrons. The van der Waals surface area contributed by atoms with Gasteiger partial charge in [0.25, 0.3) is 0 Å². The molecule has 27 heavy (non-hydrogen) atoms. The monoisotopic (exact) mass is 438 g/mol. The van der Waals surface area contributed by atoms with Crippen molar-refractivity contribution in [3.63, 3.8) is 0 Å². The third-order valence-electron chi connectivity index (χ3n) is 3.55. The summed E-state index contributed by atoms with van der Waals surface area (Å²) in [5, 5.41) is 5.57. The van der Waals surface area contributed by atoms with Crippen molar-refractivity contribution < 1.29 is 17.9 Å². The van der Waals surface area contributed by atoms with Crippen LogP contribution in [0.3, 0.4) is 0 Å². The fourth-order valence-electron chi connectivity index (χ4n) is 2.28. The van der Waals surface area contributed by atoms with Crippen LogP contribution in [0.2, 0.25) is 0 Å². The van der Waals surface area contributed by atoms with Gasteiger partial charge in [-0.15, -0.1) is 0 Å². The van der Waals surface area contributed by atoms with Crippen LogP contribution in [0, 0.1) is 0 Å². The molecule has 2 aromatic carbocycles. The average molecular weight is 439 g/mol. The summed E-state index contributed by atoms with van der Waals surface area (Å²) in [5.74, 6) is 0.0518. The normalized spacial score (nSPS) is 11.1. The Hall–Kier alpha value is -2.81. The zero-order valence-electron chi connectivity index (χ0n) is 14.0.